The third-order valence-corrected chi connectivity index (χ3v) is 4.63. The zero-order valence-corrected chi connectivity index (χ0v) is 14.0. The van der Waals surface area contributed by atoms with Gasteiger partial charge >= 0.3 is 0 Å². The molecule has 23 heavy (non-hydrogen) atoms. The van der Waals surface area contributed by atoms with E-state index in [2.05, 4.69) is 10.3 Å². The third-order valence-electron chi connectivity index (χ3n) is 3.63. The highest BCUT2D eigenvalue weighted by Crippen LogP contribution is 2.29. The number of anilines is 1. The van der Waals surface area contributed by atoms with E-state index in [-0.39, 0.29) is 17.6 Å². The highest BCUT2D eigenvalue weighted by atomic mass is 32.1. The van der Waals surface area contributed by atoms with Gasteiger partial charge in [-0.3, -0.25) is 14.9 Å². The summed E-state index contributed by atoms with van der Waals surface area (Å²) in [6.07, 6.45) is 2.75. The van der Waals surface area contributed by atoms with Crippen molar-refractivity contribution >= 4 is 28.3 Å². The van der Waals surface area contributed by atoms with Gasteiger partial charge in [0.2, 0.25) is 5.91 Å². The molecule has 0 radical (unpaired) electrons. The van der Waals surface area contributed by atoms with Crippen LogP contribution >= 0.6 is 11.3 Å². The van der Waals surface area contributed by atoms with Crippen molar-refractivity contribution in [3.63, 3.8) is 0 Å². The molecule has 6 nitrogen and oxygen atoms in total. The van der Waals surface area contributed by atoms with Gasteiger partial charge in [0.25, 0.3) is 5.91 Å². The summed E-state index contributed by atoms with van der Waals surface area (Å²) in [5.74, 6) is 0.481. The standard InChI is InChI=1S/C16H19N3O3S/c1-10(2)8-14(20)19-6-5-11-13(9-19)23-16(17-11)18-15(21)12-4-3-7-22-12/h3-4,7,10H,5-6,8-9H2,1-2H3,(H,17,18,21). The molecule has 0 bridgehead atoms. The van der Waals surface area contributed by atoms with Crippen LogP contribution in [0.15, 0.2) is 22.8 Å². The van der Waals surface area contributed by atoms with E-state index in [1.165, 1.54) is 17.6 Å². The first-order valence-electron chi connectivity index (χ1n) is 7.64. The number of fused-ring (bicyclic) bond motifs is 1. The monoisotopic (exact) mass is 333 g/mol. The van der Waals surface area contributed by atoms with Crippen molar-refractivity contribution in [2.75, 3.05) is 11.9 Å². The number of carbonyl (C=O) groups excluding carboxylic acids is 2. The van der Waals surface area contributed by atoms with Crippen molar-refractivity contribution in [3.05, 3.63) is 34.7 Å². The number of thiazole rings is 1. The highest BCUT2D eigenvalue weighted by molar-refractivity contribution is 7.15. The van der Waals surface area contributed by atoms with Crippen molar-refractivity contribution in [2.45, 2.75) is 33.2 Å². The number of hydrogen-bond donors (Lipinski definition) is 1. The van der Waals surface area contributed by atoms with Crippen LogP contribution in [0.4, 0.5) is 5.13 Å². The molecular weight excluding hydrogens is 314 g/mol. The maximum absolute atomic E-state index is 12.2. The van der Waals surface area contributed by atoms with Crippen LogP contribution < -0.4 is 5.32 Å². The number of carbonyl (C=O) groups is 2. The number of furan rings is 1. The molecule has 0 fully saturated rings. The predicted molar refractivity (Wildman–Crippen MR) is 87.4 cm³/mol. The normalized spacial score (nSPS) is 14.0. The maximum atomic E-state index is 12.2. The van der Waals surface area contributed by atoms with E-state index in [4.69, 9.17) is 4.42 Å². The Morgan fingerprint density at radius 1 is 1.48 bits per heavy atom. The number of amides is 2. The molecule has 0 unspecified atom stereocenters. The number of rotatable bonds is 4. The van der Waals surface area contributed by atoms with Crippen LogP contribution in [0.5, 0.6) is 0 Å². The number of aromatic nitrogens is 1. The molecule has 1 N–H and O–H groups in total. The Kier molecular flexibility index (Phi) is 4.47. The highest BCUT2D eigenvalue weighted by Gasteiger charge is 2.25. The molecule has 0 saturated heterocycles. The molecule has 3 rings (SSSR count). The van der Waals surface area contributed by atoms with E-state index in [0.717, 1.165) is 17.0 Å². The molecule has 0 saturated carbocycles. The van der Waals surface area contributed by atoms with Gasteiger partial charge in [0.15, 0.2) is 10.9 Å². The summed E-state index contributed by atoms with van der Waals surface area (Å²) >= 11 is 1.42. The van der Waals surface area contributed by atoms with E-state index in [1.807, 2.05) is 18.7 Å². The first-order chi connectivity index (χ1) is 11.0. The summed E-state index contributed by atoms with van der Waals surface area (Å²) in [7, 11) is 0. The minimum absolute atomic E-state index is 0.181. The Morgan fingerprint density at radius 3 is 3.00 bits per heavy atom. The van der Waals surface area contributed by atoms with E-state index in [1.54, 1.807) is 12.1 Å². The van der Waals surface area contributed by atoms with Crippen LogP contribution in [-0.2, 0) is 17.8 Å². The zero-order valence-electron chi connectivity index (χ0n) is 13.2. The lowest BCUT2D eigenvalue weighted by Crippen LogP contribution is -2.36. The number of nitrogens with one attached hydrogen (secondary N) is 1. The lowest BCUT2D eigenvalue weighted by molar-refractivity contribution is -0.132. The summed E-state index contributed by atoms with van der Waals surface area (Å²) in [5.41, 5.74) is 0.971. The zero-order chi connectivity index (χ0) is 16.4. The molecule has 7 heteroatoms. The summed E-state index contributed by atoms with van der Waals surface area (Å²) in [6, 6.07) is 3.27. The van der Waals surface area contributed by atoms with Gasteiger partial charge in [0.1, 0.15) is 0 Å². The Hall–Kier alpha value is -2.15. The lowest BCUT2D eigenvalue weighted by Gasteiger charge is -2.26. The SMILES string of the molecule is CC(C)CC(=O)N1CCc2nc(NC(=O)c3ccco3)sc2C1. The van der Waals surface area contributed by atoms with E-state index >= 15 is 0 Å². The Bertz CT molecular complexity index is 706. The molecule has 0 atom stereocenters. The average Bonchev–Trinajstić information content (AvgIpc) is 3.14. The van der Waals surface area contributed by atoms with Crippen molar-refractivity contribution in [1.29, 1.82) is 0 Å². The van der Waals surface area contributed by atoms with Crippen LogP contribution in [0, 0.1) is 5.92 Å². The second kappa shape index (κ2) is 6.54. The Balaban J connectivity index is 1.67. The second-order valence-corrected chi connectivity index (χ2v) is 7.07. The fraction of sp³-hybridized carbons (Fsp3) is 0.438. The molecule has 0 aliphatic carbocycles. The molecule has 2 aromatic rings. The topological polar surface area (TPSA) is 75.4 Å². The fourth-order valence-corrected chi connectivity index (χ4v) is 3.53. The molecule has 2 amide bonds. The molecular formula is C16H19N3O3S. The third kappa shape index (κ3) is 3.61. The summed E-state index contributed by atoms with van der Waals surface area (Å²) < 4.78 is 5.07. The molecule has 1 aliphatic rings. The second-order valence-electron chi connectivity index (χ2n) is 5.98. The molecule has 3 heterocycles. The van der Waals surface area contributed by atoms with Gasteiger partial charge in [-0.05, 0) is 18.1 Å². The van der Waals surface area contributed by atoms with Crippen molar-refractivity contribution in [2.24, 2.45) is 5.92 Å². The van der Waals surface area contributed by atoms with Gasteiger partial charge < -0.3 is 9.32 Å². The minimum Gasteiger partial charge on any atom is -0.459 e. The van der Waals surface area contributed by atoms with Gasteiger partial charge in [-0.2, -0.15) is 0 Å². The quantitative estimate of drug-likeness (QED) is 0.933. The smallest absolute Gasteiger partial charge is 0.293 e. The van der Waals surface area contributed by atoms with E-state index in [9.17, 15) is 9.59 Å². The first kappa shape index (κ1) is 15.7. The number of nitrogens with zero attached hydrogens (tertiary/aromatic N) is 2. The van der Waals surface area contributed by atoms with Gasteiger partial charge in [-0.25, -0.2) is 4.98 Å². The van der Waals surface area contributed by atoms with Crippen LogP contribution in [0.2, 0.25) is 0 Å². The first-order valence-corrected chi connectivity index (χ1v) is 8.46. The summed E-state index contributed by atoms with van der Waals surface area (Å²) in [5, 5.41) is 3.30. The van der Waals surface area contributed by atoms with Gasteiger partial charge in [0, 0.05) is 24.3 Å². The lowest BCUT2D eigenvalue weighted by atomic mass is 10.1. The number of hydrogen-bond acceptors (Lipinski definition) is 5. The summed E-state index contributed by atoms with van der Waals surface area (Å²) in [6.45, 7) is 5.35. The average molecular weight is 333 g/mol. The molecule has 0 aromatic carbocycles. The van der Waals surface area contributed by atoms with Crippen LogP contribution in [-0.4, -0.2) is 28.2 Å². The van der Waals surface area contributed by atoms with Crippen molar-refractivity contribution in [1.82, 2.24) is 9.88 Å². The fourth-order valence-electron chi connectivity index (χ4n) is 2.51. The molecule has 0 spiro atoms. The maximum Gasteiger partial charge on any atom is 0.293 e. The molecule has 1 aliphatic heterocycles. The van der Waals surface area contributed by atoms with E-state index < -0.39 is 0 Å². The Morgan fingerprint density at radius 2 is 2.30 bits per heavy atom. The largest absolute Gasteiger partial charge is 0.459 e. The van der Waals surface area contributed by atoms with Crippen molar-refractivity contribution < 1.29 is 14.0 Å². The van der Waals surface area contributed by atoms with Crippen LogP contribution in [0.25, 0.3) is 0 Å². The van der Waals surface area contributed by atoms with Crippen LogP contribution in [0.3, 0.4) is 0 Å². The molecule has 2 aromatic heterocycles. The summed E-state index contributed by atoms with van der Waals surface area (Å²) in [4.78, 5) is 31.5. The van der Waals surface area contributed by atoms with E-state index in [0.29, 0.717) is 30.6 Å². The molecule has 122 valence electrons. The van der Waals surface area contributed by atoms with Crippen LogP contribution in [0.1, 0.15) is 41.4 Å². The minimum atomic E-state index is -0.311. The Labute approximate surface area is 138 Å². The predicted octanol–water partition coefficient (Wildman–Crippen LogP) is 2.92. The van der Waals surface area contributed by atoms with Gasteiger partial charge in [-0.15, -0.1) is 0 Å². The van der Waals surface area contributed by atoms with Gasteiger partial charge in [-0.1, -0.05) is 25.2 Å². The van der Waals surface area contributed by atoms with Gasteiger partial charge in [0.05, 0.1) is 18.5 Å². The van der Waals surface area contributed by atoms with Crippen molar-refractivity contribution in [3.8, 4) is 0 Å².